The van der Waals surface area contributed by atoms with E-state index >= 15 is 0 Å². The fourth-order valence-electron chi connectivity index (χ4n) is 2.73. The number of amides is 1. The van der Waals surface area contributed by atoms with Gasteiger partial charge in [-0.3, -0.25) is 4.79 Å². The van der Waals surface area contributed by atoms with Gasteiger partial charge in [-0.05, 0) is 18.1 Å². The minimum Gasteiger partial charge on any atom is -0.339 e. The molecule has 0 saturated heterocycles. The molecule has 2 aromatic carbocycles. The first-order valence-electron chi connectivity index (χ1n) is 9.16. The highest BCUT2D eigenvalue weighted by atomic mass is 16.5. The Bertz CT molecular complexity index is 873. The van der Waals surface area contributed by atoms with Crippen LogP contribution in [0.4, 0.5) is 0 Å². The Labute approximate surface area is 159 Å². The maximum absolute atomic E-state index is 12.5. The maximum atomic E-state index is 12.5. The number of rotatable bonds is 8. The molecule has 0 radical (unpaired) electrons. The number of carbonyl (C=O) groups excluding carboxylic acids is 1. The van der Waals surface area contributed by atoms with Gasteiger partial charge >= 0.3 is 0 Å². The third-order valence-electron chi connectivity index (χ3n) is 4.12. The summed E-state index contributed by atoms with van der Waals surface area (Å²) < 4.78 is 5.34. The van der Waals surface area contributed by atoms with Gasteiger partial charge in [-0.2, -0.15) is 4.98 Å². The van der Waals surface area contributed by atoms with Crippen molar-refractivity contribution in [3.63, 3.8) is 0 Å². The lowest BCUT2D eigenvalue weighted by Crippen LogP contribution is -2.32. The van der Waals surface area contributed by atoms with Crippen LogP contribution in [0.25, 0.3) is 17.5 Å². The maximum Gasteiger partial charge on any atom is 0.246 e. The summed E-state index contributed by atoms with van der Waals surface area (Å²) in [6, 6.07) is 19.5. The van der Waals surface area contributed by atoms with Crippen molar-refractivity contribution in [1.29, 1.82) is 0 Å². The van der Waals surface area contributed by atoms with E-state index in [0.29, 0.717) is 31.2 Å². The summed E-state index contributed by atoms with van der Waals surface area (Å²) in [6.45, 7) is 3.29. The van der Waals surface area contributed by atoms with E-state index in [2.05, 4.69) is 17.1 Å². The molecule has 0 fully saturated rings. The molecule has 27 heavy (non-hydrogen) atoms. The summed E-state index contributed by atoms with van der Waals surface area (Å²) in [5.74, 6) is 1.10. The number of aromatic nitrogens is 2. The predicted molar refractivity (Wildman–Crippen MR) is 106 cm³/mol. The van der Waals surface area contributed by atoms with E-state index in [1.807, 2.05) is 71.6 Å². The van der Waals surface area contributed by atoms with Crippen LogP contribution in [-0.4, -0.2) is 34.0 Å². The van der Waals surface area contributed by atoms with Gasteiger partial charge in [-0.1, -0.05) is 72.7 Å². The summed E-state index contributed by atoms with van der Waals surface area (Å²) in [6.07, 6.45) is 4.88. The Hall–Kier alpha value is -3.21. The number of carbonyl (C=O) groups is 1. The molecule has 1 heterocycles. The van der Waals surface area contributed by atoms with Gasteiger partial charge in [0.25, 0.3) is 0 Å². The molecule has 1 amide bonds. The molecule has 0 N–H and O–H groups in total. The van der Waals surface area contributed by atoms with E-state index in [1.54, 1.807) is 6.08 Å². The van der Waals surface area contributed by atoms with Crippen LogP contribution in [0, 0.1) is 0 Å². The predicted octanol–water partition coefficient (Wildman–Crippen LogP) is 4.23. The monoisotopic (exact) mass is 361 g/mol. The van der Waals surface area contributed by atoms with Crippen molar-refractivity contribution < 1.29 is 9.32 Å². The van der Waals surface area contributed by atoms with E-state index in [1.165, 1.54) is 0 Å². The number of nitrogens with zero attached hydrogens (tertiary/aromatic N) is 3. The molecular weight excluding hydrogens is 338 g/mol. The molecule has 0 bridgehead atoms. The van der Waals surface area contributed by atoms with Gasteiger partial charge in [0.1, 0.15) is 0 Å². The SMILES string of the molecule is CCCN(CCc1nc(-c2ccccc2)no1)C(=O)/C=C/c1ccccc1. The molecule has 0 saturated carbocycles. The lowest BCUT2D eigenvalue weighted by molar-refractivity contribution is -0.126. The molecule has 5 heteroatoms. The minimum absolute atomic E-state index is 0.0106. The molecule has 138 valence electrons. The van der Waals surface area contributed by atoms with Crippen LogP contribution in [0.1, 0.15) is 24.8 Å². The van der Waals surface area contributed by atoms with Gasteiger partial charge in [0.05, 0.1) is 0 Å². The van der Waals surface area contributed by atoms with Crippen molar-refractivity contribution in [2.24, 2.45) is 0 Å². The first-order valence-corrected chi connectivity index (χ1v) is 9.16. The standard InChI is InChI=1S/C22H23N3O2/c1-2-16-25(21(26)14-13-18-9-5-3-6-10-18)17-15-20-23-22(24-27-20)19-11-7-4-8-12-19/h3-14H,2,15-17H2,1H3/b14-13+. The normalized spacial score (nSPS) is 11.0. The Balaban J connectivity index is 1.60. The molecule has 5 nitrogen and oxygen atoms in total. The minimum atomic E-state index is -0.0106. The second-order valence-corrected chi connectivity index (χ2v) is 6.20. The van der Waals surface area contributed by atoms with E-state index in [9.17, 15) is 4.79 Å². The molecule has 3 aromatic rings. The van der Waals surface area contributed by atoms with Gasteiger partial charge in [-0.15, -0.1) is 0 Å². The summed E-state index contributed by atoms with van der Waals surface area (Å²) in [5.41, 5.74) is 1.92. The van der Waals surface area contributed by atoms with Gasteiger partial charge in [0.2, 0.25) is 17.6 Å². The van der Waals surface area contributed by atoms with E-state index in [4.69, 9.17) is 4.52 Å². The fraction of sp³-hybridized carbons (Fsp3) is 0.227. The highest BCUT2D eigenvalue weighted by molar-refractivity contribution is 5.91. The quantitative estimate of drug-likeness (QED) is 0.563. The van der Waals surface area contributed by atoms with Gasteiger partial charge in [0, 0.05) is 31.1 Å². The zero-order valence-electron chi connectivity index (χ0n) is 15.4. The molecule has 0 aliphatic rings. The molecule has 1 aromatic heterocycles. The molecule has 0 spiro atoms. The highest BCUT2D eigenvalue weighted by Gasteiger charge is 2.13. The Morgan fingerprint density at radius 3 is 2.44 bits per heavy atom. The summed E-state index contributed by atoms with van der Waals surface area (Å²) >= 11 is 0. The van der Waals surface area contributed by atoms with Crippen LogP contribution in [0.15, 0.2) is 71.3 Å². The van der Waals surface area contributed by atoms with Crippen molar-refractivity contribution in [3.05, 3.63) is 78.2 Å². The van der Waals surface area contributed by atoms with Crippen molar-refractivity contribution in [2.45, 2.75) is 19.8 Å². The smallest absolute Gasteiger partial charge is 0.246 e. The van der Waals surface area contributed by atoms with Crippen molar-refractivity contribution in [3.8, 4) is 11.4 Å². The molecule has 0 atom stereocenters. The third kappa shape index (κ3) is 5.38. The van der Waals surface area contributed by atoms with E-state index in [0.717, 1.165) is 17.5 Å². The van der Waals surface area contributed by atoms with Crippen LogP contribution in [0.5, 0.6) is 0 Å². The van der Waals surface area contributed by atoms with Crippen LogP contribution >= 0.6 is 0 Å². The molecule has 0 aliphatic carbocycles. The van der Waals surface area contributed by atoms with Crippen LogP contribution in [-0.2, 0) is 11.2 Å². The molecule has 0 unspecified atom stereocenters. The Morgan fingerprint density at radius 2 is 1.74 bits per heavy atom. The zero-order valence-corrected chi connectivity index (χ0v) is 15.4. The molecular formula is C22H23N3O2. The molecule has 3 rings (SSSR count). The average molecular weight is 361 g/mol. The lowest BCUT2D eigenvalue weighted by atomic mass is 10.2. The Kier molecular flexibility index (Phi) is 6.52. The van der Waals surface area contributed by atoms with Gasteiger partial charge in [0.15, 0.2) is 0 Å². The summed E-state index contributed by atoms with van der Waals surface area (Å²) in [4.78, 5) is 18.8. The fourth-order valence-corrected chi connectivity index (χ4v) is 2.73. The topological polar surface area (TPSA) is 59.2 Å². The second-order valence-electron chi connectivity index (χ2n) is 6.20. The van der Waals surface area contributed by atoms with Crippen molar-refractivity contribution in [2.75, 3.05) is 13.1 Å². The summed E-state index contributed by atoms with van der Waals surface area (Å²) in [5, 5.41) is 4.03. The first kappa shape index (κ1) is 18.6. The average Bonchev–Trinajstić information content (AvgIpc) is 3.20. The van der Waals surface area contributed by atoms with Crippen LogP contribution in [0.2, 0.25) is 0 Å². The van der Waals surface area contributed by atoms with Crippen molar-refractivity contribution in [1.82, 2.24) is 15.0 Å². The van der Waals surface area contributed by atoms with E-state index in [-0.39, 0.29) is 5.91 Å². The lowest BCUT2D eigenvalue weighted by Gasteiger charge is -2.19. The highest BCUT2D eigenvalue weighted by Crippen LogP contribution is 2.15. The van der Waals surface area contributed by atoms with Gasteiger partial charge < -0.3 is 9.42 Å². The second kappa shape index (κ2) is 9.48. The number of hydrogen-bond donors (Lipinski definition) is 0. The van der Waals surface area contributed by atoms with Crippen LogP contribution in [0.3, 0.4) is 0 Å². The van der Waals surface area contributed by atoms with E-state index < -0.39 is 0 Å². The largest absolute Gasteiger partial charge is 0.339 e. The van der Waals surface area contributed by atoms with Crippen molar-refractivity contribution >= 4 is 12.0 Å². The number of benzene rings is 2. The number of hydrogen-bond acceptors (Lipinski definition) is 4. The van der Waals surface area contributed by atoms with Crippen LogP contribution < -0.4 is 0 Å². The molecule has 0 aliphatic heterocycles. The van der Waals surface area contributed by atoms with Gasteiger partial charge in [-0.25, -0.2) is 0 Å². The first-order chi connectivity index (χ1) is 13.3. The Morgan fingerprint density at radius 1 is 1.04 bits per heavy atom. The third-order valence-corrected chi connectivity index (χ3v) is 4.12. The summed E-state index contributed by atoms with van der Waals surface area (Å²) in [7, 11) is 0. The zero-order chi connectivity index (χ0) is 18.9.